The van der Waals surface area contributed by atoms with Crippen molar-refractivity contribution in [2.75, 3.05) is 0 Å². The van der Waals surface area contributed by atoms with Crippen LogP contribution in [0, 0.1) is 10.5 Å². The van der Waals surface area contributed by atoms with Crippen LogP contribution in [0.15, 0.2) is 72.3 Å². The first-order valence-corrected chi connectivity index (χ1v) is 11.5. The Bertz CT molecular complexity index is 1200. The maximum Gasteiger partial charge on any atom is 0.422 e. The van der Waals surface area contributed by atoms with Crippen molar-refractivity contribution in [3.63, 3.8) is 0 Å². The van der Waals surface area contributed by atoms with E-state index in [1.54, 1.807) is 39.8 Å². The van der Waals surface area contributed by atoms with Crippen LogP contribution < -0.4 is 0 Å². The second-order valence-corrected chi connectivity index (χ2v) is 10.0. The quantitative estimate of drug-likeness (QED) is 0.328. The number of ketones is 1. The molecule has 3 rings (SSSR count). The predicted octanol–water partition coefficient (Wildman–Crippen LogP) is 6.32. The molecule has 0 aliphatic carbocycles. The minimum absolute atomic E-state index is 0.139. The van der Waals surface area contributed by atoms with Crippen molar-refractivity contribution in [3.8, 4) is 0 Å². The van der Waals surface area contributed by atoms with Gasteiger partial charge in [-0.2, -0.15) is 0 Å². The van der Waals surface area contributed by atoms with Crippen molar-refractivity contribution in [1.82, 2.24) is 4.90 Å². The minimum Gasteiger partial charge on any atom is -0.443 e. The fourth-order valence-electron chi connectivity index (χ4n) is 3.55. The molecule has 0 spiro atoms. The van der Waals surface area contributed by atoms with Crippen LogP contribution in [0.3, 0.4) is 0 Å². The Morgan fingerprint density at radius 1 is 1.03 bits per heavy atom. The van der Waals surface area contributed by atoms with Gasteiger partial charge < -0.3 is 4.74 Å². The van der Waals surface area contributed by atoms with Gasteiger partial charge in [0, 0.05) is 3.57 Å². The molecule has 1 heterocycles. The van der Waals surface area contributed by atoms with Gasteiger partial charge in [-0.1, -0.05) is 48.5 Å². The Balaban J connectivity index is 2.35. The number of aryl methyl sites for hydroxylation is 1. The molecule has 0 fully saturated rings. The van der Waals surface area contributed by atoms with Crippen LogP contribution >= 0.6 is 22.6 Å². The summed E-state index contributed by atoms with van der Waals surface area (Å²) >= 11 is 2.17. The zero-order valence-electron chi connectivity index (χ0n) is 19.4. The molecule has 0 saturated heterocycles. The fraction of sp³-hybridized carbons (Fsp3) is 0.222. The van der Waals surface area contributed by atoms with Crippen molar-refractivity contribution >= 4 is 51.6 Å². The number of rotatable bonds is 4. The van der Waals surface area contributed by atoms with Crippen LogP contribution in [0.25, 0.3) is 11.3 Å². The number of halogens is 1. The Morgan fingerprint density at radius 2 is 1.61 bits per heavy atom. The van der Waals surface area contributed by atoms with Gasteiger partial charge >= 0.3 is 6.09 Å². The summed E-state index contributed by atoms with van der Waals surface area (Å²) in [5, 5.41) is 0. The number of carbonyl (C=O) groups is 3. The van der Waals surface area contributed by atoms with E-state index in [0.29, 0.717) is 11.1 Å². The zero-order valence-corrected chi connectivity index (χ0v) is 21.5. The van der Waals surface area contributed by atoms with E-state index < -0.39 is 23.4 Å². The Kier molecular flexibility index (Phi) is 7.07. The van der Waals surface area contributed by atoms with Crippen LogP contribution in [0.2, 0.25) is 0 Å². The third-order valence-electron chi connectivity index (χ3n) is 5.11. The molecule has 0 saturated carbocycles. The maximum absolute atomic E-state index is 13.7. The van der Waals surface area contributed by atoms with Gasteiger partial charge in [0.1, 0.15) is 5.60 Å². The van der Waals surface area contributed by atoms with Crippen molar-refractivity contribution in [2.45, 2.75) is 40.2 Å². The van der Waals surface area contributed by atoms with Crippen LogP contribution in [0.1, 0.15) is 44.4 Å². The highest BCUT2D eigenvalue weighted by atomic mass is 127. The summed E-state index contributed by atoms with van der Waals surface area (Å²) in [4.78, 5) is 41.0. The SMILES string of the molecule is C=CC(=O)C1=C(c2ccc(I)cc2)N(C(=O)OC(C)(C)C)C(=O)/C1=C(/C)c1ccc(C)cc1. The van der Waals surface area contributed by atoms with Crippen molar-refractivity contribution in [1.29, 1.82) is 0 Å². The monoisotopic (exact) mass is 555 g/mol. The molecule has 2 amide bonds. The number of amides is 2. The van der Waals surface area contributed by atoms with Crippen molar-refractivity contribution in [3.05, 3.63) is 92.6 Å². The number of imide groups is 1. The topological polar surface area (TPSA) is 63.7 Å². The largest absolute Gasteiger partial charge is 0.443 e. The molecule has 33 heavy (non-hydrogen) atoms. The molecule has 0 radical (unpaired) electrons. The molecular weight excluding hydrogens is 529 g/mol. The first kappa shape index (κ1) is 24.6. The Labute approximate surface area is 208 Å². The van der Waals surface area contributed by atoms with Gasteiger partial charge in [-0.15, -0.1) is 0 Å². The molecule has 6 heteroatoms. The molecule has 0 N–H and O–H groups in total. The second kappa shape index (κ2) is 9.47. The van der Waals surface area contributed by atoms with E-state index in [1.807, 2.05) is 43.3 Å². The lowest BCUT2D eigenvalue weighted by molar-refractivity contribution is -0.122. The Morgan fingerprint density at radius 3 is 2.12 bits per heavy atom. The number of benzene rings is 2. The van der Waals surface area contributed by atoms with Gasteiger partial charge in [0.25, 0.3) is 5.91 Å². The number of hydrogen-bond acceptors (Lipinski definition) is 4. The van der Waals surface area contributed by atoms with Crippen molar-refractivity contribution < 1.29 is 19.1 Å². The molecule has 0 aromatic heterocycles. The van der Waals surface area contributed by atoms with Gasteiger partial charge in [-0.3, -0.25) is 9.59 Å². The number of allylic oxidation sites excluding steroid dienone is 2. The van der Waals surface area contributed by atoms with E-state index in [-0.39, 0.29) is 16.8 Å². The maximum atomic E-state index is 13.7. The standard InChI is InChI=1S/C27H26INO4/c1-7-21(30)23-22(17(3)18-10-8-16(2)9-11-18)25(31)29(26(32)33-27(4,5)6)24(23)19-12-14-20(28)15-13-19/h7-15H,1H2,2-6H3/b22-17-. The number of carbonyl (C=O) groups excluding carboxylic acids is 3. The van der Waals surface area contributed by atoms with E-state index in [4.69, 9.17) is 4.74 Å². The van der Waals surface area contributed by atoms with E-state index in [0.717, 1.165) is 25.7 Å². The number of ether oxygens (including phenoxy) is 1. The lowest BCUT2D eigenvalue weighted by Crippen LogP contribution is -2.37. The third-order valence-corrected chi connectivity index (χ3v) is 5.83. The average molecular weight is 555 g/mol. The molecule has 0 atom stereocenters. The first-order chi connectivity index (χ1) is 15.4. The van der Waals surface area contributed by atoms with Gasteiger partial charge in [0.15, 0.2) is 5.78 Å². The molecular formula is C27H26INO4. The Hall–Kier alpha value is -3.00. The van der Waals surface area contributed by atoms with E-state index in [1.165, 1.54) is 0 Å². The molecule has 2 aromatic carbocycles. The fourth-order valence-corrected chi connectivity index (χ4v) is 3.91. The molecule has 5 nitrogen and oxygen atoms in total. The number of hydrogen-bond donors (Lipinski definition) is 0. The van der Waals surface area contributed by atoms with Crippen molar-refractivity contribution in [2.24, 2.45) is 0 Å². The van der Waals surface area contributed by atoms with Gasteiger partial charge in [0.2, 0.25) is 0 Å². The van der Waals surface area contributed by atoms with Crippen LogP contribution in [0.4, 0.5) is 4.79 Å². The van der Waals surface area contributed by atoms with E-state index >= 15 is 0 Å². The first-order valence-electron chi connectivity index (χ1n) is 10.5. The van der Waals surface area contributed by atoms with Gasteiger partial charge in [-0.05, 0) is 92.1 Å². The molecule has 1 aliphatic heterocycles. The normalized spacial score (nSPS) is 15.6. The molecule has 0 unspecified atom stereocenters. The summed E-state index contributed by atoms with van der Waals surface area (Å²) < 4.78 is 6.53. The average Bonchev–Trinajstić information content (AvgIpc) is 3.05. The summed E-state index contributed by atoms with van der Waals surface area (Å²) in [5.41, 5.74) is 2.70. The smallest absolute Gasteiger partial charge is 0.422 e. The third kappa shape index (κ3) is 5.16. The summed E-state index contributed by atoms with van der Waals surface area (Å²) in [6.07, 6.45) is 0.332. The summed E-state index contributed by atoms with van der Waals surface area (Å²) in [5.74, 6) is -1.04. The summed E-state index contributed by atoms with van der Waals surface area (Å²) in [6.45, 7) is 12.6. The lowest BCUT2D eigenvalue weighted by Gasteiger charge is -2.25. The van der Waals surface area contributed by atoms with Gasteiger partial charge in [0.05, 0.1) is 16.8 Å². The highest BCUT2D eigenvalue weighted by Crippen LogP contribution is 2.41. The summed E-state index contributed by atoms with van der Waals surface area (Å²) in [6, 6.07) is 14.9. The highest BCUT2D eigenvalue weighted by Gasteiger charge is 2.44. The minimum atomic E-state index is -0.831. The van der Waals surface area contributed by atoms with E-state index in [9.17, 15) is 14.4 Å². The van der Waals surface area contributed by atoms with Crippen LogP contribution in [-0.2, 0) is 14.3 Å². The van der Waals surface area contributed by atoms with Crippen LogP contribution in [0.5, 0.6) is 0 Å². The van der Waals surface area contributed by atoms with Crippen LogP contribution in [-0.4, -0.2) is 28.3 Å². The zero-order chi connectivity index (χ0) is 24.5. The van der Waals surface area contributed by atoms with E-state index in [2.05, 4.69) is 29.2 Å². The highest BCUT2D eigenvalue weighted by molar-refractivity contribution is 14.1. The second-order valence-electron chi connectivity index (χ2n) is 8.79. The molecule has 2 aromatic rings. The summed E-state index contributed by atoms with van der Waals surface area (Å²) in [7, 11) is 0. The number of nitrogens with zero attached hydrogens (tertiary/aromatic N) is 1. The van der Waals surface area contributed by atoms with Gasteiger partial charge in [-0.25, -0.2) is 9.69 Å². The lowest BCUT2D eigenvalue weighted by atomic mass is 9.92. The molecule has 170 valence electrons. The molecule has 1 aliphatic rings. The molecule has 0 bridgehead atoms. The predicted molar refractivity (Wildman–Crippen MR) is 138 cm³/mol.